The Morgan fingerprint density at radius 2 is 1.78 bits per heavy atom. The van der Waals surface area contributed by atoms with Crippen molar-refractivity contribution < 1.29 is 19.1 Å². The maximum atomic E-state index is 11.8. The van der Waals surface area contributed by atoms with E-state index in [-0.39, 0.29) is 0 Å². The van der Waals surface area contributed by atoms with Gasteiger partial charge in [0.25, 0.3) is 5.91 Å². The third-order valence-corrected chi connectivity index (χ3v) is 2.96. The number of hydrogen-bond acceptors (Lipinski definition) is 4. The van der Waals surface area contributed by atoms with Gasteiger partial charge in [0.1, 0.15) is 0 Å². The summed E-state index contributed by atoms with van der Waals surface area (Å²) in [5, 5.41) is 4.58. The lowest BCUT2D eigenvalue weighted by Gasteiger charge is -2.08. The zero-order valence-electron chi connectivity index (χ0n) is 13.8. The van der Waals surface area contributed by atoms with E-state index in [1.165, 1.54) is 0 Å². The number of nitrogens with one attached hydrogen (secondary N) is 2. The van der Waals surface area contributed by atoms with Crippen LogP contribution >= 0.6 is 0 Å². The number of benzene rings is 1. The predicted octanol–water partition coefficient (Wildman–Crippen LogP) is 2.28. The summed E-state index contributed by atoms with van der Waals surface area (Å²) in [5.41, 5.74) is 1.52. The minimum absolute atomic E-state index is 0.376. The van der Waals surface area contributed by atoms with E-state index < -0.39 is 24.5 Å². The van der Waals surface area contributed by atoms with Crippen molar-refractivity contribution in [2.45, 2.75) is 33.6 Å². The van der Waals surface area contributed by atoms with Crippen molar-refractivity contribution in [3.63, 3.8) is 0 Å². The molecule has 0 aromatic heterocycles. The maximum Gasteiger partial charge on any atom is 0.338 e. The van der Waals surface area contributed by atoms with Gasteiger partial charge in [-0.05, 0) is 36.5 Å². The van der Waals surface area contributed by atoms with Gasteiger partial charge in [-0.1, -0.05) is 32.9 Å². The van der Waals surface area contributed by atoms with Crippen LogP contribution in [0.1, 0.15) is 43.1 Å². The van der Waals surface area contributed by atoms with Crippen molar-refractivity contribution in [2.75, 3.05) is 13.2 Å². The molecule has 2 N–H and O–H groups in total. The van der Waals surface area contributed by atoms with Crippen molar-refractivity contribution in [1.82, 2.24) is 10.6 Å². The van der Waals surface area contributed by atoms with E-state index in [1.54, 1.807) is 12.1 Å². The first-order valence-corrected chi connectivity index (χ1v) is 7.76. The molecule has 0 heterocycles. The van der Waals surface area contributed by atoms with Crippen LogP contribution in [0.5, 0.6) is 0 Å². The van der Waals surface area contributed by atoms with Gasteiger partial charge in [0.15, 0.2) is 6.61 Å². The summed E-state index contributed by atoms with van der Waals surface area (Å²) in [4.78, 5) is 34.6. The summed E-state index contributed by atoms with van der Waals surface area (Å²) in [6.07, 6.45) is 1.70. The molecule has 0 aliphatic rings. The quantitative estimate of drug-likeness (QED) is 0.755. The topological polar surface area (TPSA) is 84.5 Å². The molecule has 1 rings (SSSR count). The minimum atomic E-state index is -0.664. The van der Waals surface area contributed by atoms with Crippen molar-refractivity contribution in [1.29, 1.82) is 0 Å². The number of rotatable bonds is 7. The Hall–Kier alpha value is -2.37. The molecule has 0 bridgehead atoms. The van der Waals surface area contributed by atoms with Crippen LogP contribution in [0.3, 0.4) is 0 Å². The molecule has 23 heavy (non-hydrogen) atoms. The smallest absolute Gasteiger partial charge is 0.338 e. The molecule has 0 atom stereocenters. The summed E-state index contributed by atoms with van der Waals surface area (Å²) in [5.74, 6) is -0.719. The minimum Gasteiger partial charge on any atom is -0.452 e. The highest BCUT2D eigenvalue weighted by atomic mass is 16.5. The van der Waals surface area contributed by atoms with Gasteiger partial charge in [0, 0.05) is 6.54 Å². The Balaban J connectivity index is 2.41. The van der Waals surface area contributed by atoms with Crippen molar-refractivity contribution >= 4 is 17.9 Å². The molecule has 6 nitrogen and oxygen atoms in total. The number of urea groups is 1. The van der Waals surface area contributed by atoms with E-state index >= 15 is 0 Å². The van der Waals surface area contributed by atoms with E-state index in [2.05, 4.69) is 24.5 Å². The van der Waals surface area contributed by atoms with Gasteiger partial charge < -0.3 is 10.1 Å². The monoisotopic (exact) mass is 320 g/mol. The largest absolute Gasteiger partial charge is 0.452 e. The molecule has 1 aromatic rings. The average Bonchev–Trinajstić information content (AvgIpc) is 2.50. The summed E-state index contributed by atoms with van der Waals surface area (Å²) in [7, 11) is 0. The van der Waals surface area contributed by atoms with Crippen LogP contribution in [0.15, 0.2) is 24.3 Å². The number of imide groups is 1. The molecule has 0 radical (unpaired) electrons. The third-order valence-electron chi connectivity index (χ3n) is 2.96. The molecule has 0 aliphatic heterocycles. The number of carbonyl (C=O) groups excluding carboxylic acids is 3. The lowest BCUT2D eigenvalue weighted by Crippen LogP contribution is -2.41. The zero-order valence-corrected chi connectivity index (χ0v) is 13.8. The second-order valence-corrected chi connectivity index (χ2v) is 5.68. The third kappa shape index (κ3) is 7.44. The Morgan fingerprint density at radius 3 is 2.35 bits per heavy atom. The van der Waals surface area contributed by atoms with Crippen molar-refractivity contribution in [2.24, 2.45) is 5.92 Å². The standard InChI is InChI=1S/C17H24N2O4/c1-4-9-18-17(22)19-15(20)11-23-16(21)14-7-5-13(6-8-14)10-12(2)3/h5-8,12H,4,9-11H2,1-3H3,(H2,18,19,20,22). The molecule has 0 aliphatic carbocycles. The molecular weight excluding hydrogens is 296 g/mol. The number of hydrogen-bond donors (Lipinski definition) is 2. The normalized spacial score (nSPS) is 10.3. The van der Waals surface area contributed by atoms with Crippen molar-refractivity contribution in [3.8, 4) is 0 Å². The molecule has 0 unspecified atom stereocenters. The highest BCUT2D eigenvalue weighted by molar-refractivity contribution is 5.96. The lowest BCUT2D eigenvalue weighted by molar-refractivity contribution is -0.123. The van der Waals surface area contributed by atoms with Gasteiger partial charge in [-0.25, -0.2) is 9.59 Å². The number of ether oxygens (including phenoxy) is 1. The van der Waals surface area contributed by atoms with E-state index in [0.29, 0.717) is 18.0 Å². The van der Waals surface area contributed by atoms with Gasteiger partial charge in [-0.2, -0.15) is 0 Å². The van der Waals surface area contributed by atoms with Crippen LogP contribution in [0.4, 0.5) is 4.79 Å². The molecule has 0 saturated heterocycles. The fraction of sp³-hybridized carbons (Fsp3) is 0.471. The summed E-state index contributed by atoms with van der Waals surface area (Å²) < 4.78 is 4.89. The van der Waals surface area contributed by atoms with Crippen LogP contribution < -0.4 is 10.6 Å². The first kappa shape index (κ1) is 18.7. The second-order valence-electron chi connectivity index (χ2n) is 5.68. The molecule has 6 heteroatoms. The number of carbonyl (C=O) groups is 3. The van der Waals surface area contributed by atoms with Gasteiger partial charge in [0.2, 0.25) is 0 Å². The van der Waals surface area contributed by atoms with Crippen LogP contribution in [-0.4, -0.2) is 31.1 Å². The summed E-state index contributed by atoms with van der Waals surface area (Å²) >= 11 is 0. The van der Waals surface area contributed by atoms with E-state index in [9.17, 15) is 14.4 Å². The summed E-state index contributed by atoms with van der Waals surface area (Å²) in [6.45, 7) is 6.12. The second kappa shape index (κ2) is 9.61. The van der Waals surface area contributed by atoms with Crippen LogP contribution in [0.2, 0.25) is 0 Å². The highest BCUT2D eigenvalue weighted by Gasteiger charge is 2.12. The van der Waals surface area contributed by atoms with Gasteiger partial charge >= 0.3 is 12.0 Å². The number of amides is 3. The Bertz CT molecular complexity index is 538. The van der Waals surface area contributed by atoms with Crippen LogP contribution in [0, 0.1) is 5.92 Å². The first-order valence-electron chi connectivity index (χ1n) is 7.76. The molecule has 0 saturated carbocycles. The maximum absolute atomic E-state index is 11.8. The lowest BCUT2D eigenvalue weighted by atomic mass is 10.0. The SMILES string of the molecule is CCCNC(=O)NC(=O)COC(=O)c1ccc(CC(C)C)cc1. The zero-order chi connectivity index (χ0) is 17.2. The molecule has 0 fully saturated rings. The molecule has 1 aromatic carbocycles. The Kier molecular flexibility index (Phi) is 7.80. The fourth-order valence-electron chi connectivity index (χ4n) is 1.91. The predicted molar refractivity (Wildman–Crippen MR) is 87.1 cm³/mol. The van der Waals surface area contributed by atoms with Crippen molar-refractivity contribution in [3.05, 3.63) is 35.4 Å². The average molecular weight is 320 g/mol. The first-order chi connectivity index (χ1) is 10.9. The van der Waals surface area contributed by atoms with Gasteiger partial charge in [-0.15, -0.1) is 0 Å². The molecule has 3 amide bonds. The van der Waals surface area contributed by atoms with Crippen LogP contribution in [0.25, 0.3) is 0 Å². The molecular formula is C17H24N2O4. The number of esters is 1. The van der Waals surface area contributed by atoms with E-state index in [4.69, 9.17) is 4.74 Å². The highest BCUT2D eigenvalue weighted by Crippen LogP contribution is 2.10. The Morgan fingerprint density at radius 1 is 1.13 bits per heavy atom. The van der Waals surface area contributed by atoms with Gasteiger partial charge in [-0.3, -0.25) is 10.1 Å². The molecule has 0 spiro atoms. The molecule has 126 valence electrons. The van der Waals surface area contributed by atoms with E-state index in [1.807, 2.05) is 19.1 Å². The van der Waals surface area contributed by atoms with E-state index in [0.717, 1.165) is 18.4 Å². The fourth-order valence-corrected chi connectivity index (χ4v) is 1.91. The van der Waals surface area contributed by atoms with Gasteiger partial charge in [0.05, 0.1) is 5.56 Å². The summed E-state index contributed by atoms with van der Waals surface area (Å²) in [6, 6.07) is 6.49. The Labute approximate surface area is 136 Å². The van der Waals surface area contributed by atoms with Crippen LogP contribution in [-0.2, 0) is 16.0 Å².